The Labute approximate surface area is 99.1 Å². The van der Waals surface area contributed by atoms with Gasteiger partial charge in [0.1, 0.15) is 0 Å². The Hall–Kier alpha value is -0.610. The van der Waals surface area contributed by atoms with E-state index in [1.54, 1.807) is 0 Å². The summed E-state index contributed by atoms with van der Waals surface area (Å²) in [5.74, 6) is 0.162. The number of carbonyl (C=O) groups is 1. The molecule has 0 unspecified atom stereocenters. The molecule has 0 aromatic rings. The van der Waals surface area contributed by atoms with E-state index in [0.29, 0.717) is 26.1 Å². The molecule has 0 saturated carbocycles. The van der Waals surface area contributed by atoms with Gasteiger partial charge in [-0.3, -0.25) is 4.79 Å². The van der Waals surface area contributed by atoms with E-state index in [4.69, 9.17) is 10.5 Å². The highest BCUT2D eigenvalue weighted by Gasteiger charge is 2.11. The Morgan fingerprint density at radius 3 is 2.50 bits per heavy atom. The third kappa shape index (κ3) is 7.65. The summed E-state index contributed by atoms with van der Waals surface area (Å²) in [6.07, 6.45) is 3.61. The van der Waals surface area contributed by atoms with Crippen LogP contribution in [-0.2, 0) is 9.53 Å². The van der Waals surface area contributed by atoms with Crippen LogP contribution in [0.2, 0.25) is 0 Å². The lowest BCUT2D eigenvalue weighted by atomic mass is 10.3. The molecule has 2 N–H and O–H groups in total. The second-order valence-corrected chi connectivity index (χ2v) is 3.89. The zero-order chi connectivity index (χ0) is 12.2. The van der Waals surface area contributed by atoms with Crippen LogP contribution in [0.3, 0.4) is 0 Å². The van der Waals surface area contributed by atoms with Gasteiger partial charge >= 0.3 is 0 Å². The number of hydrogen-bond acceptors (Lipinski definition) is 3. The molecule has 0 rings (SSSR count). The highest BCUT2D eigenvalue weighted by atomic mass is 16.5. The van der Waals surface area contributed by atoms with Gasteiger partial charge in [-0.15, -0.1) is 0 Å². The first-order valence-corrected chi connectivity index (χ1v) is 6.31. The number of nitrogens with zero attached hydrogens (tertiary/aromatic N) is 1. The summed E-state index contributed by atoms with van der Waals surface area (Å²) in [4.78, 5) is 13.6. The van der Waals surface area contributed by atoms with Crippen LogP contribution in [0.1, 0.15) is 39.5 Å². The zero-order valence-corrected chi connectivity index (χ0v) is 10.7. The van der Waals surface area contributed by atoms with Crippen LogP contribution in [-0.4, -0.2) is 43.7 Å². The molecule has 0 spiro atoms. The van der Waals surface area contributed by atoms with E-state index in [-0.39, 0.29) is 5.91 Å². The molecule has 4 heteroatoms. The Bertz CT molecular complexity index is 174. The van der Waals surface area contributed by atoms with E-state index in [1.165, 1.54) is 0 Å². The highest BCUT2D eigenvalue weighted by Crippen LogP contribution is 1.99. The summed E-state index contributed by atoms with van der Waals surface area (Å²) in [6.45, 7) is 7.45. The summed E-state index contributed by atoms with van der Waals surface area (Å²) in [5.41, 5.74) is 5.49. The lowest BCUT2D eigenvalue weighted by molar-refractivity contribution is -0.132. The Balaban J connectivity index is 3.77. The lowest BCUT2D eigenvalue weighted by Crippen LogP contribution is -2.36. The number of amides is 1. The third-order valence-corrected chi connectivity index (χ3v) is 2.34. The first-order valence-electron chi connectivity index (χ1n) is 6.31. The Kier molecular flexibility index (Phi) is 10.5. The maximum atomic E-state index is 11.8. The van der Waals surface area contributed by atoms with Crippen LogP contribution in [0.25, 0.3) is 0 Å². The summed E-state index contributed by atoms with van der Waals surface area (Å²) in [5, 5.41) is 0. The van der Waals surface area contributed by atoms with Crippen molar-refractivity contribution in [2.45, 2.75) is 39.5 Å². The molecule has 1 amide bonds. The predicted molar refractivity (Wildman–Crippen MR) is 66.3 cm³/mol. The zero-order valence-electron chi connectivity index (χ0n) is 10.7. The molecule has 16 heavy (non-hydrogen) atoms. The van der Waals surface area contributed by atoms with Crippen molar-refractivity contribution in [2.24, 2.45) is 5.73 Å². The molecule has 0 bridgehead atoms. The minimum atomic E-state index is 0.162. The summed E-state index contributed by atoms with van der Waals surface area (Å²) >= 11 is 0. The van der Waals surface area contributed by atoms with Crippen molar-refractivity contribution in [1.29, 1.82) is 0 Å². The van der Waals surface area contributed by atoms with Gasteiger partial charge in [-0.2, -0.15) is 0 Å². The second-order valence-electron chi connectivity index (χ2n) is 3.89. The number of carbonyl (C=O) groups excluding carboxylic acids is 1. The fraction of sp³-hybridized carbons (Fsp3) is 0.917. The van der Waals surface area contributed by atoms with Gasteiger partial charge in [0.15, 0.2) is 0 Å². The van der Waals surface area contributed by atoms with E-state index in [2.05, 4.69) is 13.8 Å². The molecule has 0 aromatic heterocycles. The fourth-order valence-corrected chi connectivity index (χ4v) is 1.43. The second kappa shape index (κ2) is 10.9. The summed E-state index contributed by atoms with van der Waals surface area (Å²) < 4.78 is 5.31. The molecule has 0 radical (unpaired) electrons. The van der Waals surface area contributed by atoms with Crippen molar-refractivity contribution in [3.8, 4) is 0 Å². The highest BCUT2D eigenvalue weighted by molar-refractivity contribution is 5.76. The molecule has 0 fully saturated rings. The number of rotatable bonds is 10. The monoisotopic (exact) mass is 230 g/mol. The number of unbranched alkanes of at least 4 members (excludes halogenated alkanes) is 1. The molecule has 0 aliphatic heterocycles. The van der Waals surface area contributed by atoms with Gasteiger partial charge in [-0.1, -0.05) is 20.3 Å². The van der Waals surface area contributed by atoms with E-state index >= 15 is 0 Å². The minimum absolute atomic E-state index is 0.162. The molecular weight excluding hydrogens is 204 g/mol. The lowest BCUT2D eigenvalue weighted by Gasteiger charge is -2.21. The molecule has 0 atom stereocenters. The van der Waals surface area contributed by atoms with Crippen LogP contribution in [0.5, 0.6) is 0 Å². The number of nitrogens with two attached hydrogens (primary N) is 1. The smallest absolute Gasteiger partial charge is 0.224 e. The van der Waals surface area contributed by atoms with Crippen molar-refractivity contribution in [1.82, 2.24) is 4.90 Å². The van der Waals surface area contributed by atoms with Crippen LogP contribution in [0, 0.1) is 0 Å². The molecule has 0 heterocycles. The van der Waals surface area contributed by atoms with Crippen molar-refractivity contribution < 1.29 is 9.53 Å². The molecule has 0 aliphatic carbocycles. The number of hydrogen-bond donors (Lipinski definition) is 1. The molecular formula is C12H26N2O2. The average Bonchev–Trinajstić information content (AvgIpc) is 2.29. The standard InChI is InChI=1S/C12H26N2O2/c1-3-5-8-14(9-7-13)12(15)6-11-16-10-4-2/h3-11,13H2,1-2H3. The molecule has 0 saturated heterocycles. The molecule has 4 nitrogen and oxygen atoms in total. The molecule has 0 aromatic carbocycles. The SMILES string of the molecule is CCCCN(CCN)C(=O)CCOCCC. The van der Waals surface area contributed by atoms with Gasteiger partial charge in [0.25, 0.3) is 0 Å². The van der Waals surface area contributed by atoms with Gasteiger partial charge in [-0.05, 0) is 12.8 Å². The first kappa shape index (κ1) is 15.4. The predicted octanol–water partition coefficient (Wildman–Crippen LogP) is 1.39. The van der Waals surface area contributed by atoms with Crippen molar-refractivity contribution >= 4 is 5.91 Å². The van der Waals surface area contributed by atoms with Gasteiger partial charge < -0.3 is 15.4 Å². The maximum absolute atomic E-state index is 11.8. The van der Waals surface area contributed by atoms with Gasteiger partial charge in [0.05, 0.1) is 13.0 Å². The third-order valence-electron chi connectivity index (χ3n) is 2.34. The van der Waals surface area contributed by atoms with Crippen molar-refractivity contribution in [3.05, 3.63) is 0 Å². The topological polar surface area (TPSA) is 55.6 Å². The normalized spacial score (nSPS) is 10.4. The van der Waals surface area contributed by atoms with E-state index < -0.39 is 0 Å². The average molecular weight is 230 g/mol. The summed E-state index contributed by atoms with van der Waals surface area (Å²) in [6, 6.07) is 0. The van der Waals surface area contributed by atoms with E-state index in [1.807, 2.05) is 4.90 Å². The fourth-order valence-electron chi connectivity index (χ4n) is 1.43. The Morgan fingerprint density at radius 2 is 1.94 bits per heavy atom. The van der Waals surface area contributed by atoms with Crippen molar-refractivity contribution in [2.75, 3.05) is 32.8 Å². The Morgan fingerprint density at radius 1 is 1.19 bits per heavy atom. The van der Waals surface area contributed by atoms with Crippen LogP contribution < -0.4 is 5.73 Å². The maximum Gasteiger partial charge on any atom is 0.224 e. The van der Waals surface area contributed by atoms with Crippen molar-refractivity contribution in [3.63, 3.8) is 0 Å². The molecule has 96 valence electrons. The quantitative estimate of drug-likeness (QED) is 0.577. The largest absolute Gasteiger partial charge is 0.381 e. The van der Waals surface area contributed by atoms with Crippen LogP contribution in [0.4, 0.5) is 0 Å². The van der Waals surface area contributed by atoms with Crippen LogP contribution in [0.15, 0.2) is 0 Å². The van der Waals surface area contributed by atoms with E-state index in [0.717, 1.165) is 32.4 Å². The summed E-state index contributed by atoms with van der Waals surface area (Å²) in [7, 11) is 0. The first-order chi connectivity index (χ1) is 7.76. The van der Waals surface area contributed by atoms with Gasteiger partial charge in [-0.25, -0.2) is 0 Å². The van der Waals surface area contributed by atoms with Crippen LogP contribution >= 0.6 is 0 Å². The van der Waals surface area contributed by atoms with Gasteiger partial charge in [0.2, 0.25) is 5.91 Å². The van der Waals surface area contributed by atoms with Gasteiger partial charge in [0, 0.05) is 26.2 Å². The minimum Gasteiger partial charge on any atom is -0.381 e. The number of ether oxygens (including phenoxy) is 1. The molecule has 0 aliphatic rings. The van der Waals surface area contributed by atoms with E-state index in [9.17, 15) is 4.79 Å².